The van der Waals surface area contributed by atoms with Crippen LogP contribution in [0, 0.1) is 29.6 Å². The predicted molar refractivity (Wildman–Crippen MR) is 92.6 cm³/mol. The van der Waals surface area contributed by atoms with Gasteiger partial charge in [0.15, 0.2) is 0 Å². The molecule has 0 N–H and O–H groups in total. The van der Waals surface area contributed by atoms with Crippen molar-refractivity contribution in [3.8, 4) is 34.8 Å². The number of ether oxygens (including phenoxy) is 1. The Morgan fingerprint density at radius 2 is 1.54 bits per heavy atom. The molecule has 3 aromatic rings. The lowest BCUT2D eigenvalue weighted by Crippen LogP contribution is -1.91. The molecule has 0 spiro atoms. The van der Waals surface area contributed by atoms with E-state index in [1.54, 1.807) is 18.2 Å². The highest BCUT2D eigenvalue weighted by atomic mass is 16.5. The van der Waals surface area contributed by atoms with Crippen LogP contribution in [0.25, 0.3) is 11.1 Å². The second-order valence-electron chi connectivity index (χ2n) is 5.40. The minimum absolute atomic E-state index is 0.309. The Balaban J connectivity index is 2.04. The van der Waals surface area contributed by atoms with Gasteiger partial charge in [-0.3, -0.25) is 0 Å². The normalized spacial score (nSPS) is 9.79. The third-order valence-electron chi connectivity index (χ3n) is 3.68. The first-order valence-electron chi connectivity index (χ1n) is 7.49. The molecule has 0 aliphatic rings. The summed E-state index contributed by atoms with van der Waals surface area (Å²) in [5.74, 6) is 1.25. The van der Waals surface area contributed by atoms with Crippen LogP contribution in [0.2, 0.25) is 0 Å². The molecule has 0 aromatic heterocycles. The first kappa shape index (κ1) is 15.3. The van der Waals surface area contributed by atoms with Gasteiger partial charge >= 0.3 is 0 Å². The highest BCUT2D eigenvalue weighted by Gasteiger charge is 2.10. The maximum atomic E-state index is 9.16. The molecule has 0 atom stereocenters. The van der Waals surface area contributed by atoms with Crippen molar-refractivity contribution in [1.29, 1.82) is 10.5 Å². The summed E-state index contributed by atoms with van der Waals surface area (Å²) >= 11 is 0. The zero-order valence-corrected chi connectivity index (χ0v) is 13.2. The summed E-state index contributed by atoms with van der Waals surface area (Å²) in [6.07, 6.45) is 0. The molecule has 0 amide bonds. The van der Waals surface area contributed by atoms with Crippen LogP contribution in [-0.2, 0) is 0 Å². The molecule has 0 radical (unpaired) electrons. The number of rotatable bonds is 3. The number of hydrogen-bond acceptors (Lipinski definition) is 3. The maximum absolute atomic E-state index is 9.16. The number of benzene rings is 3. The molecule has 3 nitrogen and oxygen atoms in total. The number of nitrogens with zero attached hydrogens (tertiary/aromatic N) is 2. The Morgan fingerprint density at radius 1 is 0.792 bits per heavy atom. The highest BCUT2D eigenvalue weighted by Crippen LogP contribution is 2.34. The van der Waals surface area contributed by atoms with Crippen molar-refractivity contribution in [2.75, 3.05) is 0 Å². The van der Waals surface area contributed by atoms with Crippen LogP contribution in [-0.4, -0.2) is 0 Å². The zero-order chi connectivity index (χ0) is 16.9. The Morgan fingerprint density at radius 3 is 2.25 bits per heavy atom. The molecule has 0 aliphatic carbocycles. The molecule has 0 unspecified atom stereocenters. The lowest BCUT2D eigenvalue weighted by atomic mass is 10.0. The number of nitriles is 2. The van der Waals surface area contributed by atoms with E-state index in [0.29, 0.717) is 16.9 Å². The van der Waals surface area contributed by atoms with E-state index in [4.69, 9.17) is 15.3 Å². The van der Waals surface area contributed by atoms with Gasteiger partial charge in [0.25, 0.3) is 0 Å². The van der Waals surface area contributed by atoms with Gasteiger partial charge in [0.1, 0.15) is 23.6 Å². The van der Waals surface area contributed by atoms with Gasteiger partial charge in [-0.1, -0.05) is 42.5 Å². The van der Waals surface area contributed by atoms with Crippen LogP contribution in [0.3, 0.4) is 0 Å². The van der Waals surface area contributed by atoms with Crippen LogP contribution in [0.15, 0.2) is 66.7 Å². The lowest BCUT2D eigenvalue weighted by molar-refractivity contribution is 0.484. The fourth-order valence-electron chi connectivity index (χ4n) is 2.47. The van der Waals surface area contributed by atoms with Gasteiger partial charge in [-0.2, -0.15) is 10.5 Å². The summed E-state index contributed by atoms with van der Waals surface area (Å²) in [5, 5.41) is 18.2. The zero-order valence-electron chi connectivity index (χ0n) is 13.2. The maximum Gasteiger partial charge on any atom is 0.135 e. The summed E-state index contributed by atoms with van der Waals surface area (Å²) in [5.41, 5.74) is 3.77. The molecule has 0 aliphatic heterocycles. The Hall–Kier alpha value is -3.56. The standard InChI is InChI=1S/C21H14N2O/c1-15-7-10-20(16-5-3-2-4-6-16)21(11-15)24-19-9-8-17(13-22)18(12-19)14-23/h2-12H,1H3. The second-order valence-corrected chi connectivity index (χ2v) is 5.40. The average molecular weight is 310 g/mol. The lowest BCUT2D eigenvalue weighted by Gasteiger charge is -2.13. The van der Waals surface area contributed by atoms with Crippen LogP contribution in [0.1, 0.15) is 16.7 Å². The first-order valence-corrected chi connectivity index (χ1v) is 7.49. The third kappa shape index (κ3) is 3.11. The molecule has 3 aromatic carbocycles. The van der Waals surface area contributed by atoms with Crippen LogP contribution in [0.4, 0.5) is 0 Å². The van der Waals surface area contributed by atoms with Gasteiger partial charge in [-0.25, -0.2) is 0 Å². The van der Waals surface area contributed by atoms with Crippen molar-refractivity contribution in [1.82, 2.24) is 0 Å². The summed E-state index contributed by atoms with van der Waals surface area (Å²) in [6, 6.07) is 24.9. The van der Waals surface area contributed by atoms with Crippen molar-refractivity contribution in [3.63, 3.8) is 0 Å². The first-order chi connectivity index (χ1) is 11.7. The largest absolute Gasteiger partial charge is 0.457 e. The molecule has 0 heterocycles. The average Bonchev–Trinajstić information content (AvgIpc) is 2.62. The second kappa shape index (κ2) is 6.69. The van der Waals surface area contributed by atoms with E-state index in [1.165, 1.54) is 0 Å². The van der Waals surface area contributed by atoms with Gasteiger partial charge in [0.2, 0.25) is 0 Å². The molecule has 0 saturated carbocycles. The predicted octanol–water partition coefficient (Wildman–Crippen LogP) is 5.20. The molecule has 0 fully saturated rings. The van der Waals surface area contributed by atoms with Crippen molar-refractivity contribution in [3.05, 3.63) is 83.4 Å². The van der Waals surface area contributed by atoms with Gasteiger partial charge in [-0.05, 0) is 42.3 Å². The molecule has 3 rings (SSSR count). The Labute approximate surface area is 141 Å². The Kier molecular flexibility index (Phi) is 4.27. The summed E-state index contributed by atoms with van der Waals surface area (Å²) in [7, 11) is 0. The van der Waals surface area contributed by atoms with Gasteiger partial charge in [0.05, 0.1) is 11.1 Å². The topological polar surface area (TPSA) is 56.8 Å². The molecule has 24 heavy (non-hydrogen) atoms. The Bertz CT molecular complexity index is 963. The van der Waals surface area contributed by atoms with E-state index in [1.807, 2.05) is 67.6 Å². The highest BCUT2D eigenvalue weighted by molar-refractivity contribution is 5.71. The molecule has 114 valence electrons. The minimum atomic E-state index is 0.309. The summed E-state index contributed by atoms with van der Waals surface area (Å²) in [4.78, 5) is 0. The van der Waals surface area contributed by atoms with E-state index in [2.05, 4.69) is 0 Å². The quantitative estimate of drug-likeness (QED) is 0.668. The van der Waals surface area contributed by atoms with Crippen molar-refractivity contribution >= 4 is 0 Å². The number of hydrogen-bond donors (Lipinski definition) is 0. The monoisotopic (exact) mass is 310 g/mol. The molecule has 0 bridgehead atoms. The van der Waals surface area contributed by atoms with Crippen molar-refractivity contribution in [2.24, 2.45) is 0 Å². The molecule has 3 heteroatoms. The summed E-state index contributed by atoms with van der Waals surface area (Å²) < 4.78 is 6.03. The van der Waals surface area contributed by atoms with E-state index in [-0.39, 0.29) is 0 Å². The molecule has 0 saturated heterocycles. The van der Waals surface area contributed by atoms with Crippen molar-refractivity contribution < 1.29 is 4.74 Å². The minimum Gasteiger partial charge on any atom is -0.457 e. The summed E-state index contributed by atoms with van der Waals surface area (Å²) in [6.45, 7) is 2.00. The number of aryl methyl sites for hydroxylation is 1. The van der Waals surface area contributed by atoms with E-state index in [0.717, 1.165) is 22.4 Å². The van der Waals surface area contributed by atoms with E-state index in [9.17, 15) is 0 Å². The van der Waals surface area contributed by atoms with Crippen LogP contribution >= 0.6 is 0 Å². The fraction of sp³-hybridized carbons (Fsp3) is 0.0476. The van der Waals surface area contributed by atoms with E-state index >= 15 is 0 Å². The van der Waals surface area contributed by atoms with E-state index < -0.39 is 0 Å². The molecular weight excluding hydrogens is 296 g/mol. The van der Waals surface area contributed by atoms with Gasteiger partial charge in [-0.15, -0.1) is 0 Å². The van der Waals surface area contributed by atoms with Crippen LogP contribution in [0.5, 0.6) is 11.5 Å². The van der Waals surface area contributed by atoms with Gasteiger partial charge in [0, 0.05) is 5.56 Å². The smallest absolute Gasteiger partial charge is 0.135 e. The van der Waals surface area contributed by atoms with Crippen molar-refractivity contribution in [2.45, 2.75) is 6.92 Å². The third-order valence-corrected chi connectivity index (χ3v) is 3.68. The van der Waals surface area contributed by atoms with Crippen LogP contribution < -0.4 is 4.74 Å². The fourth-order valence-corrected chi connectivity index (χ4v) is 2.47. The molecular formula is C21H14N2O. The SMILES string of the molecule is Cc1ccc(-c2ccccc2)c(Oc2ccc(C#N)c(C#N)c2)c1. The van der Waals surface area contributed by atoms with Gasteiger partial charge < -0.3 is 4.74 Å².